The van der Waals surface area contributed by atoms with Crippen LogP contribution in [0.25, 0.3) is 0 Å². The molecule has 0 heterocycles. The number of halogens is 2. The van der Waals surface area contributed by atoms with Crippen LogP contribution in [-0.4, -0.2) is 12.4 Å². The molecular formula is C10H10BrFOS. The van der Waals surface area contributed by atoms with Crippen LogP contribution in [0, 0.1) is 5.82 Å². The average molecular weight is 277 g/mol. The summed E-state index contributed by atoms with van der Waals surface area (Å²) in [7, 11) is 0. The third kappa shape index (κ3) is 3.72. The van der Waals surface area contributed by atoms with Crippen molar-refractivity contribution in [1.82, 2.24) is 0 Å². The second-order valence-corrected chi connectivity index (χ2v) is 3.76. The normalized spacial score (nSPS) is 10.8. The molecule has 0 aliphatic rings. The first-order chi connectivity index (χ1) is 6.74. The van der Waals surface area contributed by atoms with E-state index in [1.165, 1.54) is 6.07 Å². The number of ether oxygens (including phenoxy) is 1. The summed E-state index contributed by atoms with van der Waals surface area (Å²) in [5, 5.41) is 0. The Morgan fingerprint density at radius 2 is 2.21 bits per heavy atom. The molecule has 0 bridgehead atoms. The molecule has 76 valence electrons. The van der Waals surface area contributed by atoms with E-state index in [2.05, 4.69) is 28.6 Å². The fraction of sp³-hybridized carbons (Fsp3) is 0.200. The average Bonchev–Trinajstić information content (AvgIpc) is 2.18. The first-order valence-electron chi connectivity index (χ1n) is 4.07. The van der Waals surface area contributed by atoms with Crippen LogP contribution in [0.1, 0.15) is 0 Å². The highest BCUT2D eigenvalue weighted by Gasteiger charge is 1.99. The van der Waals surface area contributed by atoms with Crippen molar-refractivity contribution in [3.8, 4) is 5.75 Å². The summed E-state index contributed by atoms with van der Waals surface area (Å²) >= 11 is 7.07. The summed E-state index contributed by atoms with van der Waals surface area (Å²) in [5.74, 6) is 0.883. The van der Waals surface area contributed by atoms with Crippen molar-refractivity contribution < 1.29 is 9.13 Å². The van der Waals surface area contributed by atoms with Crippen LogP contribution in [0.15, 0.2) is 34.8 Å². The first-order valence-corrected chi connectivity index (χ1v) is 5.50. The molecule has 0 amide bonds. The maximum absolute atomic E-state index is 13.0. The topological polar surface area (TPSA) is 9.23 Å². The van der Waals surface area contributed by atoms with Gasteiger partial charge < -0.3 is 4.74 Å². The zero-order valence-electron chi connectivity index (χ0n) is 7.41. The minimum absolute atomic E-state index is 0.319. The molecule has 0 saturated heterocycles. The number of hydrogen-bond acceptors (Lipinski definition) is 2. The maximum atomic E-state index is 13.0. The SMILES string of the molecule is Fc1cc(OCC=CCS)ccc1Br. The van der Waals surface area contributed by atoms with E-state index in [0.717, 1.165) is 0 Å². The lowest BCUT2D eigenvalue weighted by molar-refractivity contribution is 0.360. The van der Waals surface area contributed by atoms with Gasteiger partial charge in [0.2, 0.25) is 0 Å². The highest BCUT2D eigenvalue weighted by atomic mass is 79.9. The Kier molecular flexibility index (Phi) is 5.04. The zero-order chi connectivity index (χ0) is 10.4. The Bertz CT molecular complexity index is 328. The molecule has 0 atom stereocenters. The predicted octanol–water partition coefficient (Wildman–Crippen LogP) is 3.45. The van der Waals surface area contributed by atoms with Gasteiger partial charge in [0.25, 0.3) is 0 Å². The molecule has 0 aliphatic carbocycles. The Balaban J connectivity index is 2.51. The van der Waals surface area contributed by atoms with Gasteiger partial charge in [0.05, 0.1) is 4.47 Å². The first kappa shape index (κ1) is 11.6. The molecule has 4 heteroatoms. The second kappa shape index (κ2) is 6.09. The molecule has 1 aromatic rings. The molecule has 1 rings (SSSR count). The van der Waals surface area contributed by atoms with Crippen molar-refractivity contribution in [3.63, 3.8) is 0 Å². The van der Waals surface area contributed by atoms with Crippen LogP contribution in [0.5, 0.6) is 5.75 Å². The van der Waals surface area contributed by atoms with E-state index >= 15 is 0 Å². The fourth-order valence-corrected chi connectivity index (χ4v) is 1.25. The zero-order valence-corrected chi connectivity index (χ0v) is 9.89. The Morgan fingerprint density at radius 3 is 2.86 bits per heavy atom. The number of benzene rings is 1. The van der Waals surface area contributed by atoms with Crippen LogP contribution >= 0.6 is 28.6 Å². The van der Waals surface area contributed by atoms with Crippen molar-refractivity contribution in [3.05, 3.63) is 40.6 Å². The lowest BCUT2D eigenvalue weighted by atomic mass is 10.3. The molecule has 0 spiro atoms. The fourth-order valence-electron chi connectivity index (χ4n) is 0.854. The van der Waals surface area contributed by atoms with E-state index in [-0.39, 0.29) is 5.82 Å². The van der Waals surface area contributed by atoms with Gasteiger partial charge in [0.1, 0.15) is 18.2 Å². The smallest absolute Gasteiger partial charge is 0.141 e. The highest BCUT2D eigenvalue weighted by molar-refractivity contribution is 9.10. The van der Waals surface area contributed by atoms with Crippen molar-refractivity contribution in [2.24, 2.45) is 0 Å². The minimum Gasteiger partial charge on any atom is -0.489 e. The van der Waals surface area contributed by atoms with Gasteiger partial charge >= 0.3 is 0 Å². The summed E-state index contributed by atoms with van der Waals surface area (Å²) in [4.78, 5) is 0. The summed E-state index contributed by atoms with van der Waals surface area (Å²) in [5.41, 5.74) is 0. The summed E-state index contributed by atoms with van der Waals surface area (Å²) in [6, 6.07) is 4.67. The van der Waals surface area contributed by atoms with Crippen molar-refractivity contribution >= 4 is 28.6 Å². The maximum Gasteiger partial charge on any atom is 0.141 e. The van der Waals surface area contributed by atoms with Crippen molar-refractivity contribution in [1.29, 1.82) is 0 Å². The van der Waals surface area contributed by atoms with Gasteiger partial charge in [-0.15, -0.1) is 0 Å². The third-order valence-corrected chi connectivity index (χ3v) is 2.36. The Labute approximate surface area is 96.5 Å². The Hall–Kier alpha value is -0.480. The van der Waals surface area contributed by atoms with Crippen LogP contribution in [0.2, 0.25) is 0 Å². The molecule has 0 radical (unpaired) electrons. The molecule has 0 unspecified atom stereocenters. The Morgan fingerprint density at radius 1 is 1.43 bits per heavy atom. The third-order valence-electron chi connectivity index (χ3n) is 1.51. The predicted molar refractivity (Wildman–Crippen MR) is 62.6 cm³/mol. The highest BCUT2D eigenvalue weighted by Crippen LogP contribution is 2.20. The van der Waals surface area contributed by atoms with Crippen LogP contribution in [0.3, 0.4) is 0 Å². The largest absolute Gasteiger partial charge is 0.489 e. The standard InChI is InChI=1S/C10H10BrFOS/c11-9-4-3-8(7-10(9)12)13-5-1-2-6-14/h1-4,7,14H,5-6H2. The van der Waals surface area contributed by atoms with Gasteiger partial charge in [-0.1, -0.05) is 12.2 Å². The number of hydrogen-bond donors (Lipinski definition) is 1. The van der Waals surface area contributed by atoms with E-state index in [1.54, 1.807) is 12.1 Å². The molecule has 1 nitrogen and oxygen atoms in total. The summed E-state index contributed by atoms with van der Waals surface area (Å²) in [6.07, 6.45) is 3.71. The van der Waals surface area contributed by atoms with Gasteiger partial charge in [-0.2, -0.15) is 12.6 Å². The molecule has 0 aliphatic heterocycles. The van der Waals surface area contributed by atoms with Crippen LogP contribution < -0.4 is 4.74 Å². The van der Waals surface area contributed by atoms with E-state index in [0.29, 0.717) is 22.6 Å². The molecule has 0 N–H and O–H groups in total. The van der Waals surface area contributed by atoms with E-state index in [1.807, 2.05) is 12.2 Å². The van der Waals surface area contributed by atoms with Gasteiger partial charge in [-0.3, -0.25) is 0 Å². The van der Waals surface area contributed by atoms with Crippen molar-refractivity contribution in [2.75, 3.05) is 12.4 Å². The van der Waals surface area contributed by atoms with Gasteiger partial charge in [-0.05, 0) is 28.1 Å². The quantitative estimate of drug-likeness (QED) is 0.655. The summed E-state index contributed by atoms with van der Waals surface area (Å²) < 4.78 is 18.7. The van der Waals surface area contributed by atoms with Crippen molar-refractivity contribution in [2.45, 2.75) is 0 Å². The van der Waals surface area contributed by atoms with Gasteiger partial charge in [0.15, 0.2) is 0 Å². The lowest BCUT2D eigenvalue weighted by Crippen LogP contribution is -1.94. The molecule has 1 aromatic carbocycles. The minimum atomic E-state index is -0.319. The van der Waals surface area contributed by atoms with E-state index in [9.17, 15) is 4.39 Å². The van der Waals surface area contributed by atoms with E-state index < -0.39 is 0 Å². The molecule has 0 fully saturated rings. The molecular weight excluding hydrogens is 267 g/mol. The number of thiol groups is 1. The molecule has 0 saturated carbocycles. The van der Waals surface area contributed by atoms with Gasteiger partial charge in [-0.25, -0.2) is 4.39 Å². The molecule has 0 aromatic heterocycles. The molecule has 14 heavy (non-hydrogen) atoms. The van der Waals surface area contributed by atoms with Crippen LogP contribution in [-0.2, 0) is 0 Å². The van der Waals surface area contributed by atoms with Crippen LogP contribution in [0.4, 0.5) is 4.39 Å². The number of rotatable bonds is 4. The second-order valence-electron chi connectivity index (χ2n) is 2.54. The van der Waals surface area contributed by atoms with Gasteiger partial charge in [0, 0.05) is 11.8 Å². The van der Waals surface area contributed by atoms with E-state index in [4.69, 9.17) is 4.74 Å². The summed E-state index contributed by atoms with van der Waals surface area (Å²) in [6.45, 7) is 0.432. The monoisotopic (exact) mass is 276 g/mol. The lowest BCUT2D eigenvalue weighted by Gasteiger charge is -2.03.